The Morgan fingerprint density at radius 2 is 1.73 bits per heavy atom. The van der Waals surface area contributed by atoms with Crippen LogP contribution in [-0.2, 0) is 0 Å². The number of rotatable bonds is 3. The summed E-state index contributed by atoms with van der Waals surface area (Å²) in [5.74, 6) is -0.520. The molecule has 0 saturated carbocycles. The van der Waals surface area contributed by atoms with Gasteiger partial charge in [-0.1, -0.05) is 12.8 Å². The van der Waals surface area contributed by atoms with Crippen molar-refractivity contribution in [2.75, 3.05) is 23.3 Å². The molecular weight excluding hydrogens is 286 g/mol. The number of aromatic nitrogens is 2. The van der Waals surface area contributed by atoms with Gasteiger partial charge in [0.2, 0.25) is 5.95 Å². The first kappa shape index (κ1) is 14.7. The van der Waals surface area contributed by atoms with Gasteiger partial charge in [0, 0.05) is 31.0 Å². The lowest BCUT2D eigenvalue weighted by atomic mass is 10.2. The van der Waals surface area contributed by atoms with Crippen LogP contribution in [0.25, 0.3) is 0 Å². The average Bonchev–Trinajstić information content (AvgIpc) is 2.80. The minimum atomic E-state index is -0.895. The molecule has 0 aliphatic carbocycles. The van der Waals surface area contributed by atoms with Gasteiger partial charge in [-0.3, -0.25) is 0 Å². The summed E-state index contributed by atoms with van der Waals surface area (Å²) in [5, 5.41) is 2.91. The van der Waals surface area contributed by atoms with Crippen molar-refractivity contribution in [3.05, 3.63) is 42.1 Å². The van der Waals surface area contributed by atoms with Gasteiger partial charge in [-0.05, 0) is 31.0 Å². The average molecular weight is 304 g/mol. The summed E-state index contributed by atoms with van der Waals surface area (Å²) in [5.41, 5.74) is 0.423. The van der Waals surface area contributed by atoms with E-state index in [0.717, 1.165) is 43.9 Å². The van der Waals surface area contributed by atoms with Gasteiger partial charge in [0.15, 0.2) is 11.6 Å². The third-order valence-corrected chi connectivity index (χ3v) is 3.75. The van der Waals surface area contributed by atoms with E-state index in [1.54, 1.807) is 6.20 Å². The Morgan fingerprint density at radius 1 is 0.955 bits per heavy atom. The van der Waals surface area contributed by atoms with Crippen LogP contribution in [0.3, 0.4) is 0 Å². The summed E-state index contributed by atoms with van der Waals surface area (Å²) in [4.78, 5) is 10.9. The van der Waals surface area contributed by atoms with Crippen LogP contribution >= 0.6 is 0 Å². The largest absolute Gasteiger partial charge is 0.356 e. The molecule has 4 nitrogen and oxygen atoms in total. The van der Waals surface area contributed by atoms with E-state index >= 15 is 0 Å². The zero-order valence-corrected chi connectivity index (χ0v) is 12.2. The normalized spacial score (nSPS) is 15.5. The van der Waals surface area contributed by atoms with Gasteiger partial charge >= 0.3 is 0 Å². The van der Waals surface area contributed by atoms with Gasteiger partial charge in [0.1, 0.15) is 5.82 Å². The molecule has 0 spiro atoms. The minimum absolute atomic E-state index is 0.382. The molecule has 6 heteroatoms. The van der Waals surface area contributed by atoms with Gasteiger partial charge in [-0.25, -0.2) is 13.8 Å². The van der Waals surface area contributed by atoms with Gasteiger partial charge in [0.05, 0.1) is 0 Å². The molecule has 1 aliphatic heterocycles. The fourth-order valence-corrected chi connectivity index (χ4v) is 2.59. The Balaban J connectivity index is 1.76. The van der Waals surface area contributed by atoms with Crippen molar-refractivity contribution in [3.8, 4) is 0 Å². The molecule has 0 radical (unpaired) electrons. The van der Waals surface area contributed by atoms with Gasteiger partial charge in [-0.15, -0.1) is 0 Å². The van der Waals surface area contributed by atoms with E-state index < -0.39 is 11.6 Å². The number of anilines is 3. The van der Waals surface area contributed by atoms with Crippen molar-refractivity contribution < 1.29 is 8.78 Å². The maximum Gasteiger partial charge on any atom is 0.229 e. The molecular formula is C16H18F2N4. The van der Waals surface area contributed by atoms with Crippen LogP contribution in [0, 0.1) is 11.6 Å². The molecule has 1 fully saturated rings. The van der Waals surface area contributed by atoms with Crippen molar-refractivity contribution in [2.24, 2.45) is 0 Å². The second-order valence-electron chi connectivity index (χ2n) is 5.39. The lowest BCUT2D eigenvalue weighted by Gasteiger charge is -2.21. The van der Waals surface area contributed by atoms with Crippen LogP contribution in [0.5, 0.6) is 0 Å². The Kier molecular flexibility index (Phi) is 4.46. The highest BCUT2D eigenvalue weighted by Gasteiger charge is 2.12. The van der Waals surface area contributed by atoms with Gasteiger partial charge < -0.3 is 10.2 Å². The van der Waals surface area contributed by atoms with E-state index in [9.17, 15) is 8.78 Å². The standard InChI is InChI=1S/C16H18F2N4/c17-13-6-5-12(11-14(13)18)20-16-19-8-7-15(21-16)22-9-3-1-2-4-10-22/h5-8,11H,1-4,9-10H2,(H,19,20,21). The van der Waals surface area contributed by atoms with Crippen LogP contribution in [0.4, 0.5) is 26.2 Å². The molecule has 2 aromatic rings. The first-order valence-corrected chi connectivity index (χ1v) is 7.52. The number of nitrogens with zero attached hydrogens (tertiary/aromatic N) is 3. The number of hydrogen-bond acceptors (Lipinski definition) is 4. The molecule has 1 N–H and O–H groups in total. The predicted octanol–water partition coefficient (Wildman–Crippen LogP) is 3.88. The molecule has 1 aromatic carbocycles. The summed E-state index contributed by atoms with van der Waals surface area (Å²) in [6.45, 7) is 1.98. The summed E-state index contributed by atoms with van der Waals surface area (Å²) in [6, 6.07) is 5.51. The number of hydrogen-bond donors (Lipinski definition) is 1. The Bertz CT molecular complexity index is 640. The third kappa shape index (κ3) is 3.50. The number of nitrogens with one attached hydrogen (secondary N) is 1. The van der Waals surface area contributed by atoms with E-state index in [0.29, 0.717) is 11.6 Å². The molecule has 1 saturated heterocycles. The topological polar surface area (TPSA) is 41.1 Å². The van der Waals surface area contributed by atoms with Crippen molar-refractivity contribution in [2.45, 2.75) is 25.7 Å². The summed E-state index contributed by atoms with van der Waals surface area (Å²) >= 11 is 0. The Hall–Kier alpha value is -2.24. The van der Waals surface area contributed by atoms with Crippen molar-refractivity contribution in [1.82, 2.24) is 9.97 Å². The molecule has 1 aromatic heterocycles. The first-order chi connectivity index (χ1) is 10.7. The molecule has 22 heavy (non-hydrogen) atoms. The van der Waals surface area contributed by atoms with Gasteiger partial charge in [-0.2, -0.15) is 4.98 Å². The van der Waals surface area contributed by atoms with Crippen LogP contribution in [0.15, 0.2) is 30.5 Å². The van der Waals surface area contributed by atoms with Crippen LogP contribution in [0.2, 0.25) is 0 Å². The second-order valence-corrected chi connectivity index (χ2v) is 5.39. The van der Waals surface area contributed by atoms with E-state index in [4.69, 9.17) is 0 Å². The van der Waals surface area contributed by atoms with E-state index in [-0.39, 0.29) is 0 Å². The first-order valence-electron chi connectivity index (χ1n) is 7.52. The lowest BCUT2D eigenvalue weighted by molar-refractivity contribution is 0.509. The predicted molar refractivity (Wildman–Crippen MR) is 82.4 cm³/mol. The van der Waals surface area contributed by atoms with Crippen LogP contribution in [-0.4, -0.2) is 23.1 Å². The van der Waals surface area contributed by atoms with E-state index in [1.807, 2.05) is 6.07 Å². The lowest BCUT2D eigenvalue weighted by Crippen LogP contribution is -2.25. The fourth-order valence-electron chi connectivity index (χ4n) is 2.59. The molecule has 2 heterocycles. The molecule has 0 atom stereocenters. The monoisotopic (exact) mass is 304 g/mol. The smallest absolute Gasteiger partial charge is 0.229 e. The Labute approximate surface area is 128 Å². The maximum atomic E-state index is 13.2. The van der Waals surface area contributed by atoms with Crippen molar-refractivity contribution in [1.29, 1.82) is 0 Å². The quantitative estimate of drug-likeness (QED) is 0.934. The molecule has 1 aliphatic rings. The highest BCUT2D eigenvalue weighted by atomic mass is 19.2. The van der Waals surface area contributed by atoms with Crippen LogP contribution in [0.1, 0.15) is 25.7 Å². The molecule has 116 valence electrons. The SMILES string of the molecule is Fc1ccc(Nc2nccc(N3CCCCCC3)n2)cc1F. The number of halogens is 2. The van der Waals surface area contributed by atoms with Gasteiger partial charge in [0.25, 0.3) is 0 Å². The summed E-state index contributed by atoms with van der Waals surface area (Å²) < 4.78 is 26.2. The summed E-state index contributed by atoms with van der Waals surface area (Å²) in [6.07, 6.45) is 6.50. The van der Waals surface area contributed by atoms with Crippen LogP contribution < -0.4 is 10.2 Å². The van der Waals surface area contributed by atoms with Crippen molar-refractivity contribution >= 4 is 17.5 Å². The fraction of sp³-hybridized carbons (Fsp3) is 0.375. The van der Waals surface area contributed by atoms with E-state index in [2.05, 4.69) is 20.2 Å². The molecule has 3 rings (SSSR count). The minimum Gasteiger partial charge on any atom is -0.356 e. The number of benzene rings is 1. The molecule has 0 unspecified atom stereocenters. The zero-order valence-electron chi connectivity index (χ0n) is 12.2. The van der Waals surface area contributed by atoms with E-state index in [1.165, 1.54) is 18.9 Å². The second kappa shape index (κ2) is 6.68. The maximum absolute atomic E-state index is 13.2. The Morgan fingerprint density at radius 3 is 2.45 bits per heavy atom. The molecule has 0 bridgehead atoms. The highest BCUT2D eigenvalue weighted by molar-refractivity contribution is 5.55. The molecule has 0 amide bonds. The third-order valence-electron chi connectivity index (χ3n) is 3.75. The highest BCUT2D eigenvalue weighted by Crippen LogP contribution is 2.20. The zero-order chi connectivity index (χ0) is 15.4. The van der Waals surface area contributed by atoms with Crippen molar-refractivity contribution in [3.63, 3.8) is 0 Å². The summed E-state index contributed by atoms with van der Waals surface area (Å²) in [7, 11) is 0.